The Morgan fingerprint density at radius 3 is 2.81 bits per heavy atom. The number of hydrogen-bond donors (Lipinski definition) is 1. The van der Waals surface area contributed by atoms with Gasteiger partial charge in [-0.2, -0.15) is 0 Å². The smallest absolute Gasteiger partial charge is 0.410 e. The van der Waals surface area contributed by atoms with E-state index in [1.807, 2.05) is 30.3 Å². The predicted octanol–water partition coefficient (Wildman–Crippen LogP) is 4.29. The van der Waals surface area contributed by atoms with Crippen molar-refractivity contribution in [1.29, 1.82) is 0 Å². The van der Waals surface area contributed by atoms with Crippen LogP contribution in [0, 0.1) is 5.82 Å². The van der Waals surface area contributed by atoms with Crippen LogP contribution < -0.4 is 0 Å². The molecule has 1 amide bonds. The van der Waals surface area contributed by atoms with Crippen molar-refractivity contribution in [3.8, 4) is 0 Å². The van der Waals surface area contributed by atoms with E-state index in [9.17, 15) is 14.0 Å². The molecule has 1 N–H and O–H groups in total. The van der Waals surface area contributed by atoms with Crippen molar-refractivity contribution >= 4 is 22.8 Å². The number of ketones is 1. The van der Waals surface area contributed by atoms with Gasteiger partial charge in [-0.05, 0) is 36.6 Å². The minimum atomic E-state index is -0.587. The number of benzene rings is 2. The third kappa shape index (κ3) is 3.43. The first kappa shape index (κ1) is 17.3. The van der Waals surface area contributed by atoms with Crippen molar-refractivity contribution in [2.45, 2.75) is 25.5 Å². The Hall–Kier alpha value is -3.15. The van der Waals surface area contributed by atoms with Gasteiger partial charge in [0.05, 0.1) is 6.04 Å². The monoisotopic (exact) mass is 366 g/mol. The first-order chi connectivity index (χ1) is 13.1. The number of Topliss-reactive ketones (excluding diaryl/α,β-unsaturated/α-hetero) is 1. The molecule has 27 heavy (non-hydrogen) atoms. The number of halogens is 1. The summed E-state index contributed by atoms with van der Waals surface area (Å²) in [5.41, 5.74) is 1.98. The molecular weight excluding hydrogens is 347 g/mol. The standard InChI is InChI=1S/C21H19FN2O3/c22-15-8-9-18-16(11-15)17(12-23-18)20(25)19-7-4-10-24(19)21(26)27-13-14-5-2-1-3-6-14/h1-3,5-6,8-9,11-12,19,23H,4,7,10,13H2. The van der Waals surface area contributed by atoms with E-state index >= 15 is 0 Å². The largest absolute Gasteiger partial charge is 0.445 e. The highest BCUT2D eigenvalue weighted by atomic mass is 19.1. The van der Waals surface area contributed by atoms with Crippen LogP contribution in [0.4, 0.5) is 9.18 Å². The van der Waals surface area contributed by atoms with Gasteiger partial charge in [-0.15, -0.1) is 0 Å². The van der Waals surface area contributed by atoms with Crippen LogP contribution in [0.5, 0.6) is 0 Å². The zero-order valence-corrected chi connectivity index (χ0v) is 14.7. The van der Waals surface area contributed by atoms with E-state index in [1.165, 1.54) is 17.0 Å². The molecule has 138 valence electrons. The third-order valence-electron chi connectivity index (χ3n) is 4.90. The SMILES string of the molecule is O=C(c1c[nH]c2ccc(F)cc12)C1CCCN1C(=O)OCc1ccccc1. The predicted molar refractivity (Wildman–Crippen MR) is 98.9 cm³/mol. The summed E-state index contributed by atoms with van der Waals surface area (Å²) in [6, 6.07) is 13.1. The Bertz CT molecular complexity index is 984. The summed E-state index contributed by atoms with van der Waals surface area (Å²) in [4.78, 5) is 30.0. The molecule has 0 radical (unpaired) electrons. The van der Waals surface area contributed by atoms with Crippen LogP contribution in [-0.4, -0.2) is 34.3 Å². The topological polar surface area (TPSA) is 62.4 Å². The van der Waals surface area contributed by atoms with E-state index in [1.54, 1.807) is 12.3 Å². The summed E-state index contributed by atoms with van der Waals surface area (Å²) in [5, 5.41) is 0.532. The van der Waals surface area contributed by atoms with Crippen LogP contribution in [-0.2, 0) is 11.3 Å². The quantitative estimate of drug-likeness (QED) is 0.701. The molecule has 1 saturated heterocycles. The first-order valence-electron chi connectivity index (χ1n) is 8.91. The molecule has 1 aliphatic rings. The number of rotatable bonds is 4. The van der Waals surface area contributed by atoms with Crippen molar-refractivity contribution in [3.05, 3.63) is 71.7 Å². The molecule has 0 bridgehead atoms. The van der Waals surface area contributed by atoms with E-state index in [-0.39, 0.29) is 12.4 Å². The summed E-state index contributed by atoms with van der Waals surface area (Å²) >= 11 is 0. The minimum absolute atomic E-state index is 0.162. The molecule has 3 aromatic rings. The van der Waals surface area contributed by atoms with Crippen molar-refractivity contribution in [1.82, 2.24) is 9.88 Å². The lowest BCUT2D eigenvalue weighted by Gasteiger charge is -2.23. The summed E-state index contributed by atoms with van der Waals surface area (Å²) < 4.78 is 19.0. The summed E-state index contributed by atoms with van der Waals surface area (Å²) in [6.07, 6.45) is 2.38. The number of carbonyl (C=O) groups is 2. The molecule has 1 fully saturated rings. The maximum Gasteiger partial charge on any atom is 0.410 e. The number of hydrogen-bond acceptors (Lipinski definition) is 3. The number of likely N-dealkylation sites (tertiary alicyclic amines) is 1. The van der Waals surface area contributed by atoms with Crippen molar-refractivity contribution in [2.75, 3.05) is 6.54 Å². The zero-order chi connectivity index (χ0) is 18.8. The number of aromatic nitrogens is 1. The maximum atomic E-state index is 13.6. The summed E-state index contributed by atoms with van der Waals surface area (Å²) in [5.74, 6) is -0.595. The molecule has 5 nitrogen and oxygen atoms in total. The minimum Gasteiger partial charge on any atom is -0.445 e. The third-order valence-corrected chi connectivity index (χ3v) is 4.90. The fourth-order valence-electron chi connectivity index (χ4n) is 3.54. The van der Waals surface area contributed by atoms with Gasteiger partial charge in [0.1, 0.15) is 12.4 Å². The number of H-pyrrole nitrogens is 1. The maximum absolute atomic E-state index is 13.6. The van der Waals surface area contributed by atoms with E-state index in [2.05, 4.69) is 4.98 Å². The average molecular weight is 366 g/mol. The number of fused-ring (bicyclic) bond motifs is 1. The molecule has 0 aliphatic carbocycles. The Balaban J connectivity index is 1.51. The highest BCUT2D eigenvalue weighted by Crippen LogP contribution is 2.27. The van der Waals surface area contributed by atoms with Crippen molar-refractivity contribution < 1.29 is 18.7 Å². The molecule has 1 atom stereocenters. The van der Waals surface area contributed by atoms with Gasteiger partial charge >= 0.3 is 6.09 Å². The van der Waals surface area contributed by atoms with Gasteiger partial charge in [0.25, 0.3) is 0 Å². The number of aromatic amines is 1. The fourth-order valence-corrected chi connectivity index (χ4v) is 3.54. The molecule has 2 aromatic carbocycles. The second kappa shape index (κ2) is 7.23. The number of nitrogens with one attached hydrogen (secondary N) is 1. The van der Waals surface area contributed by atoms with E-state index in [0.717, 1.165) is 12.0 Å². The lowest BCUT2D eigenvalue weighted by Crippen LogP contribution is -2.40. The Morgan fingerprint density at radius 2 is 2.00 bits per heavy atom. The molecule has 2 heterocycles. The highest BCUT2D eigenvalue weighted by Gasteiger charge is 2.36. The van der Waals surface area contributed by atoms with Crippen LogP contribution >= 0.6 is 0 Å². The Labute approximate surface area is 155 Å². The summed E-state index contributed by atoms with van der Waals surface area (Å²) in [6.45, 7) is 0.635. The Morgan fingerprint density at radius 1 is 1.19 bits per heavy atom. The average Bonchev–Trinajstić information content (AvgIpc) is 3.33. The van der Waals surface area contributed by atoms with Gasteiger partial charge in [-0.3, -0.25) is 9.69 Å². The molecule has 0 saturated carbocycles. The lowest BCUT2D eigenvalue weighted by molar-refractivity contribution is 0.0739. The number of ether oxygens (including phenoxy) is 1. The van der Waals surface area contributed by atoms with Gasteiger partial charge in [0, 0.05) is 29.2 Å². The fraction of sp³-hybridized carbons (Fsp3) is 0.238. The lowest BCUT2D eigenvalue weighted by atomic mass is 10.0. The van der Waals surface area contributed by atoms with E-state index < -0.39 is 18.0 Å². The molecule has 1 unspecified atom stereocenters. The van der Waals surface area contributed by atoms with Crippen molar-refractivity contribution in [2.24, 2.45) is 0 Å². The zero-order valence-electron chi connectivity index (χ0n) is 14.7. The van der Waals surface area contributed by atoms with Crippen LogP contribution in [0.15, 0.2) is 54.7 Å². The van der Waals surface area contributed by atoms with E-state index in [0.29, 0.717) is 29.4 Å². The van der Waals surface area contributed by atoms with Crippen molar-refractivity contribution in [3.63, 3.8) is 0 Å². The van der Waals surface area contributed by atoms with Crippen LogP contribution in [0.1, 0.15) is 28.8 Å². The van der Waals surface area contributed by atoms with Crippen LogP contribution in [0.25, 0.3) is 10.9 Å². The van der Waals surface area contributed by atoms with Gasteiger partial charge < -0.3 is 9.72 Å². The molecular formula is C21H19FN2O3. The van der Waals surface area contributed by atoms with Crippen LogP contribution in [0.2, 0.25) is 0 Å². The van der Waals surface area contributed by atoms with Gasteiger partial charge in [0.2, 0.25) is 0 Å². The Kier molecular flexibility index (Phi) is 4.62. The molecule has 1 aromatic heterocycles. The van der Waals surface area contributed by atoms with Gasteiger partial charge in [0.15, 0.2) is 5.78 Å². The number of nitrogens with zero attached hydrogens (tertiary/aromatic N) is 1. The van der Waals surface area contributed by atoms with Gasteiger partial charge in [-0.25, -0.2) is 9.18 Å². The van der Waals surface area contributed by atoms with Crippen LogP contribution in [0.3, 0.4) is 0 Å². The molecule has 1 aliphatic heterocycles. The normalized spacial score (nSPS) is 16.6. The first-order valence-corrected chi connectivity index (χ1v) is 8.91. The molecule has 6 heteroatoms. The molecule has 4 rings (SSSR count). The second-order valence-electron chi connectivity index (χ2n) is 6.65. The number of carbonyl (C=O) groups excluding carboxylic acids is 2. The van der Waals surface area contributed by atoms with E-state index in [4.69, 9.17) is 4.74 Å². The second-order valence-corrected chi connectivity index (χ2v) is 6.65. The van der Waals surface area contributed by atoms with Gasteiger partial charge in [-0.1, -0.05) is 30.3 Å². The molecule has 0 spiro atoms. The summed E-state index contributed by atoms with van der Waals surface area (Å²) in [7, 11) is 0. The number of amides is 1. The highest BCUT2D eigenvalue weighted by molar-refractivity contribution is 6.11.